The van der Waals surface area contributed by atoms with Crippen LogP contribution in [0.15, 0.2) is 72.8 Å². The molecule has 6 heteroatoms. The van der Waals surface area contributed by atoms with E-state index in [9.17, 15) is 9.59 Å². The van der Waals surface area contributed by atoms with Crippen LogP contribution in [0.25, 0.3) is 11.1 Å². The Bertz CT molecular complexity index is 987. The van der Waals surface area contributed by atoms with Crippen LogP contribution in [0.1, 0.15) is 10.4 Å². The predicted octanol–water partition coefficient (Wildman–Crippen LogP) is 5.47. The number of carbonyl (C=O) groups is 2. The minimum Gasteiger partial charge on any atom is -0.481 e. The summed E-state index contributed by atoms with van der Waals surface area (Å²) in [6.07, 6.45) is 0. The molecule has 0 aliphatic heterocycles. The van der Waals surface area contributed by atoms with Gasteiger partial charge in [-0.2, -0.15) is 0 Å². The molecule has 0 radical (unpaired) electrons. The van der Waals surface area contributed by atoms with E-state index < -0.39 is 18.4 Å². The van der Waals surface area contributed by atoms with Crippen LogP contribution in [-0.2, 0) is 9.53 Å². The van der Waals surface area contributed by atoms with Crippen molar-refractivity contribution in [3.8, 4) is 16.9 Å². The van der Waals surface area contributed by atoms with Gasteiger partial charge in [-0.3, -0.25) is 4.79 Å². The van der Waals surface area contributed by atoms with Gasteiger partial charge in [-0.1, -0.05) is 71.7 Å². The summed E-state index contributed by atoms with van der Waals surface area (Å²) in [7, 11) is 0. The summed E-state index contributed by atoms with van der Waals surface area (Å²) in [5, 5.41) is 0.630. The van der Waals surface area contributed by atoms with E-state index in [0.717, 1.165) is 11.1 Å². The van der Waals surface area contributed by atoms with Crippen molar-refractivity contribution in [1.29, 1.82) is 0 Å². The molecule has 3 rings (SSSR count). The van der Waals surface area contributed by atoms with Gasteiger partial charge in [-0.25, -0.2) is 4.79 Å². The Morgan fingerprint density at radius 1 is 0.821 bits per heavy atom. The van der Waals surface area contributed by atoms with Gasteiger partial charge in [-0.05, 0) is 29.8 Å². The maximum Gasteiger partial charge on any atom is 0.344 e. The van der Waals surface area contributed by atoms with Crippen molar-refractivity contribution in [1.82, 2.24) is 0 Å². The summed E-state index contributed by atoms with van der Waals surface area (Å²) >= 11 is 11.8. The molecule has 142 valence electrons. The largest absolute Gasteiger partial charge is 0.481 e. The van der Waals surface area contributed by atoms with Gasteiger partial charge in [-0.15, -0.1) is 0 Å². The van der Waals surface area contributed by atoms with E-state index in [1.54, 1.807) is 12.1 Å². The molecule has 0 aromatic heterocycles. The second-order valence-electron chi connectivity index (χ2n) is 5.86. The van der Waals surface area contributed by atoms with Crippen LogP contribution in [0, 0.1) is 0 Å². The standard InChI is InChI=1S/C22H16Cl2O4/c23-16-10-11-18(19(24)12-16)20(25)13-28-22(26)14-27-21-9-5-4-8-17(21)15-6-2-1-3-7-15/h1-12H,13-14H2. The Hall–Kier alpha value is -2.82. The lowest BCUT2D eigenvalue weighted by atomic mass is 10.1. The number of hydrogen-bond acceptors (Lipinski definition) is 4. The first kappa shape index (κ1) is 19.9. The molecular weight excluding hydrogens is 399 g/mol. The average molecular weight is 415 g/mol. The molecule has 0 aliphatic rings. The van der Waals surface area contributed by atoms with Crippen molar-refractivity contribution < 1.29 is 19.1 Å². The average Bonchev–Trinajstić information content (AvgIpc) is 2.71. The first-order valence-corrected chi connectivity index (χ1v) is 9.21. The second kappa shape index (κ2) is 9.40. The molecular formula is C22H16Cl2O4. The zero-order valence-corrected chi connectivity index (χ0v) is 16.2. The quantitative estimate of drug-likeness (QED) is 0.380. The molecule has 28 heavy (non-hydrogen) atoms. The van der Waals surface area contributed by atoms with E-state index in [2.05, 4.69) is 0 Å². The predicted molar refractivity (Wildman–Crippen MR) is 109 cm³/mol. The van der Waals surface area contributed by atoms with Crippen molar-refractivity contribution in [3.05, 3.63) is 88.4 Å². The molecule has 0 aliphatic carbocycles. The highest BCUT2D eigenvalue weighted by Crippen LogP contribution is 2.29. The number of rotatable bonds is 7. The van der Waals surface area contributed by atoms with E-state index >= 15 is 0 Å². The van der Waals surface area contributed by atoms with E-state index in [4.69, 9.17) is 32.7 Å². The highest BCUT2D eigenvalue weighted by molar-refractivity contribution is 6.36. The van der Waals surface area contributed by atoms with Gasteiger partial charge in [0.1, 0.15) is 5.75 Å². The lowest BCUT2D eigenvalue weighted by Crippen LogP contribution is -2.19. The van der Waals surface area contributed by atoms with E-state index in [0.29, 0.717) is 10.8 Å². The van der Waals surface area contributed by atoms with Gasteiger partial charge < -0.3 is 9.47 Å². The first-order valence-electron chi connectivity index (χ1n) is 8.45. The number of para-hydroxylation sites is 1. The normalized spacial score (nSPS) is 10.4. The summed E-state index contributed by atoms with van der Waals surface area (Å²) in [5.74, 6) is -0.515. The van der Waals surface area contributed by atoms with Crippen LogP contribution in [0.3, 0.4) is 0 Å². The molecule has 4 nitrogen and oxygen atoms in total. The molecule has 3 aromatic carbocycles. The van der Waals surface area contributed by atoms with Crippen molar-refractivity contribution in [2.75, 3.05) is 13.2 Å². The smallest absolute Gasteiger partial charge is 0.344 e. The lowest BCUT2D eigenvalue weighted by Gasteiger charge is -2.11. The molecule has 0 saturated heterocycles. The Morgan fingerprint density at radius 3 is 2.29 bits per heavy atom. The van der Waals surface area contributed by atoms with E-state index in [-0.39, 0.29) is 17.2 Å². The van der Waals surface area contributed by atoms with Gasteiger partial charge in [0.05, 0.1) is 5.02 Å². The number of ether oxygens (including phenoxy) is 2. The third-order valence-electron chi connectivity index (χ3n) is 3.91. The molecule has 0 saturated carbocycles. The third kappa shape index (κ3) is 5.12. The number of ketones is 1. The van der Waals surface area contributed by atoms with Crippen LogP contribution < -0.4 is 4.74 Å². The fourth-order valence-electron chi connectivity index (χ4n) is 2.57. The van der Waals surface area contributed by atoms with Crippen molar-refractivity contribution in [2.45, 2.75) is 0 Å². The van der Waals surface area contributed by atoms with Crippen LogP contribution >= 0.6 is 23.2 Å². The van der Waals surface area contributed by atoms with E-state index in [1.165, 1.54) is 12.1 Å². The van der Waals surface area contributed by atoms with Crippen LogP contribution in [0.5, 0.6) is 5.75 Å². The van der Waals surface area contributed by atoms with Crippen LogP contribution in [-0.4, -0.2) is 25.0 Å². The lowest BCUT2D eigenvalue weighted by molar-refractivity contribution is -0.144. The van der Waals surface area contributed by atoms with Gasteiger partial charge in [0, 0.05) is 16.1 Å². The Labute approximate surface area is 172 Å². The second-order valence-corrected chi connectivity index (χ2v) is 6.70. The molecule has 0 atom stereocenters. The molecule has 0 bridgehead atoms. The Kier molecular flexibility index (Phi) is 6.69. The molecule has 0 fully saturated rings. The Balaban J connectivity index is 1.57. The summed E-state index contributed by atoms with van der Waals surface area (Å²) in [5.41, 5.74) is 2.08. The number of hydrogen-bond donors (Lipinski definition) is 0. The van der Waals surface area contributed by atoms with Crippen LogP contribution in [0.2, 0.25) is 10.0 Å². The first-order chi connectivity index (χ1) is 13.5. The molecule has 0 amide bonds. The van der Waals surface area contributed by atoms with Crippen molar-refractivity contribution >= 4 is 35.0 Å². The molecule has 0 N–H and O–H groups in total. The third-order valence-corrected chi connectivity index (χ3v) is 4.46. The monoisotopic (exact) mass is 414 g/mol. The maximum atomic E-state index is 12.1. The summed E-state index contributed by atoms with van der Waals surface area (Å²) in [6, 6.07) is 21.6. The molecule has 0 unspecified atom stereocenters. The topological polar surface area (TPSA) is 52.6 Å². The fraction of sp³-hybridized carbons (Fsp3) is 0.0909. The van der Waals surface area contributed by atoms with Crippen molar-refractivity contribution in [2.24, 2.45) is 0 Å². The Morgan fingerprint density at radius 2 is 1.54 bits per heavy atom. The summed E-state index contributed by atoms with van der Waals surface area (Å²) in [6.45, 7) is -0.741. The zero-order valence-electron chi connectivity index (χ0n) is 14.7. The highest BCUT2D eigenvalue weighted by atomic mass is 35.5. The number of carbonyl (C=O) groups excluding carboxylic acids is 2. The molecule has 3 aromatic rings. The van der Waals surface area contributed by atoms with Crippen LogP contribution in [0.4, 0.5) is 0 Å². The minimum atomic E-state index is -0.652. The minimum absolute atomic E-state index is 0.210. The number of esters is 1. The summed E-state index contributed by atoms with van der Waals surface area (Å²) in [4.78, 5) is 24.1. The highest BCUT2D eigenvalue weighted by Gasteiger charge is 2.14. The molecule has 0 spiro atoms. The number of halogens is 2. The van der Waals surface area contributed by atoms with Gasteiger partial charge >= 0.3 is 5.97 Å². The van der Waals surface area contributed by atoms with Crippen molar-refractivity contribution in [3.63, 3.8) is 0 Å². The maximum absolute atomic E-state index is 12.1. The van der Waals surface area contributed by atoms with Gasteiger partial charge in [0.15, 0.2) is 13.2 Å². The number of Topliss-reactive ketones (excluding diaryl/α,β-unsaturated/α-hetero) is 1. The van der Waals surface area contributed by atoms with Gasteiger partial charge in [0.25, 0.3) is 0 Å². The molecule has 0 heterocycles. The zero-order chi connectivity index (χ0) is 19.9. The fourth-order valence-corrected chi connectivity index (χ4v) is 3.08. The van der Waals surface area contributed by atoms with Gasteiger partial charge in [0.2, 0.25) is 5.78 Å². The number of benzene rings is 3. The van der Waals surface area contributed by atoms with E-state index in [1.807, 2.05) is 48.5 Å². The SMILES string of the molecule is O=C(COc1ccccc1-c1ccccc1)OCC(=O)c1ccc(Cl)cc1Cl. The summed E-state index contributed by atoms with van der Waals surface area (Å²) < 4.78 is 10.6.